The third-order valence-electron chi connectivity index (χ3n) is 3.21. The van der Waals surface area contributed by atoms with E-state index in [9.17, 15) is 4.79 Å². The molecule has 0 fully saturated rings. The van der Waals surface area contributed by atoms with E-state index in [1.165, 1.54) is 0 Å². The Morgan fingerprint density at radius 1 is 1.09 bits per heavy atom. The maximum absolute atomic E-state index is 12.1. The van der Waals surface area contributed by atoms with Crippen molar-refractivity contribution in [1.29, 1.82) is 0 Å². The van der Waals surface area contributed by atoms with Crippen LogP contribution < -0.4 is 4.74 Å². The molecular weight excluding hydrogens is 298 g/mol. The molecule has 0 spiro atoms. The highest BCUT2D eigenvalue weighted by molar-refractivity contribution is 6.30. The molecule has 0 saturated heterocycles. The second-order valence-corrected chi connectivity index (χ2v) is 5.48. The minimum atomic E-state index is -0.0382. The smallest absolute Gasteiger partial charge is 0.253 e. The summed E-state index contributed by atoms with van der Waals surface area (Å²) in [4.78, 5) is 13.6. The lowest BCUT2D eigenvalue weighted by Crippen LogP contribution is -2.21. The van der Waals surface area contributed by atoms with Crippen molar-refractivity contribution in [2.24, 2.45) is 0 Å². The van der Waals surface area contributed by atoms with Gasteiger partial charge in [-0.15, -0.1) is 0 Å². The van der Waals surface area contributed by atoms with Gasteiger partial charge < -0.3 is 9.64 Å². The molecule has 1 amide bonds. The quantitative estimate of drug-likeness (QED) is 0.791. The van der Waals surface area contributed by atoms with Crippen molar-refractivity contribution in [3.63, 3.8) is 0 Å². The van der Waals surface area contributed by atoms with Gasteiger partial charge in [-0.25, -0.2) is 0 Å². The number of ether oxygens (including phenoxy) is 1. The fourth-order valence-electron chi connectivity index (χ4n) is 2.02. The summed E-state index contributed by atoms with van der Waals surface area (Å²) >= 11 is 5.88. The van der Waals surface area contributed by atoms with Crippen LogP contribution in [0.25, 0.3) is 12.2 Å². The monoisotopic (exact) mass is 315 g/mol. The van der Waals surface area contributed by atoms with E-state index in [2.05, 4.69) is 0 Å². The normalized spacial score (nSPS) is 10.7. The standard InChI is InChI=1S/C18H18ClNO2/c1-20(2)18(21)15-8-11-17(22-3)14(12-15)7-4-13-5-9-16(19)10-6-13/h4-12H,1-3H3/b7-4+. The van der Waals surface area contributed by atoms with Gasteiger partial charge in [-0.2, -0.15) is 0 Å². The lowest BCUT2D eigenvalue weighted by Gasteiger charge is -2.12. The van der Waals surface area contributed by atoms with Gasteiger partial charge in [0.1, 0.15) is 5.75 Å². The highest BCUT2D eigenvalue weighted by Gasteiger charge is 2.10. The third kappa shape index (κ3) is 3.89. The molecule has 3 nitrogen and oxygen atoms in total. The Kier molecular flexibility index (Phi) is 5.23. The molecule has 0 aliphatic heterocycles. The van der Waals surface area contributed by atoms with Gasteiger partial charge in [0.2, 0.25) is 0 Å². The molecule has 0 unspecified atom stereocenters. The van der Waals surface area contributed by atoms with Crippen molar-refractivity contribution < 1.29 is 9.53 Å². The van der Waals surface area contributed by atoms with E-state index >= 15 is 0 Å². The number of rotatable bonds is 4. The Labute approximate surface area is 135 Å². The average molecular weight is 316 g/mol. The molecule has 2 aromatic carbocycles. The number of carbonyl (C=O) groups excluding carboxylic acids is 1. The first kappa shape index (κ1) is 16.1. The zero-order valence-electron chi connectivity index (χ0n) is 12.8. The van der Waals surface area contributed by atoms with Crippen LogP contribution in [0.3, 0.4) is 0 Å². The van der Waals surface area contributed by atoms with Crippen molar-refractivity contribution >= 4 is 29.7 Å². The largest absolute Gasteiger partial charge is 0.496 e. The Balaban J connectivity index is 2.33. The van der Waals surface area contributed by atoms with Crippen LogP contribution in [0.1, 0.15) is 21.5 Å². The van der Waals surface area contributed by atoms with Crippen LogP contribution in [0.5, 0.6) is 5.75 Å². The molecule has 0 radical (unpaired) electrons. The van der Waals surface area contributed by atoms with Crippen LogP contribution in [-0.4, -0.2) is 32.0 Å². The molecule has 22 heavy (non-hydrogen) atoms. The van der Waals surface area contributed by atoms with Crippen molar-refractivity contribution in [1.82, 2.24) is 4.90 Å². The molecule has 0 aliphatic rings. The zero-order valence-corrected chi connectivity index (χ0v) is 13.6. The number of benzene rings is 2. The van der Waals surface area contributed by atoms with Crippen LogP contribution in [-0.2, 0) is 0 Å². The molecular formula is C18H18ClNO2. The molecule has 0 saturated carbocycles. The summed E-state index contributed by atoms with van der Waals surface area (Å²) in [5.74, 6) is 0.685. The second kappa shape index (κ2) is 7.14. The predicted molar refractivity (Wildman–Crippen MR) is 91.4 cm³/mol. The van der Waals surface area contributed by atoms with Crippen LogP contribution in [0, 0.1) is 0 Å². The van der Waals surface area contributed by atoms with Crippen LogP contribution in [0.4, 0.5) is 0 Å². The van der Waals surface area contributed by atoms with Gasteiger partial charge in [-0.1, -0.05) is 35.9 Å². The Morgan fingerprint density at radius 2 is 1.77 bits per heavy atom. The van der Waals surface area contributed by atoms with Gasteiger partial charge in [0, 0.05) is 30.2 Å². The summed E-state index contributed by atoms with van der Waals surface area (Å²) in [7, 11) is 5.08. The van der Waals surface area contributed by atoms with E-state index < -0.39 is 0 Å². The Bertz CT molecular complexity index is 691. The summed E-state index contributed by atoms with van der Waals surface area (Å²) in [5.41, 5.74) is 2.50. The molecule has 2 rings (SSSR count). The average Bonchev–Trinajstić information content (AvgIpc) is 2.53. The first-order chi connectivity index (χ1) is 10.5. The van der Waals surface area contributed by atoms with Gasteiger partial charge in [0.15, 0.2) is 0 Å². The molecule has 114 valence electrons. The molecule has 0 aliphatic carbocycles. The van der Waals surface area contributed by atoms with Crippen LogP contribution in [0.2, 0.25) is 5.02 Å². The fourth-order valence-corrected chi connectivity index (χ4v) is 2.14. The number of nitrogens with zero attached hydrogens (tertiary/aromatic N) is 1. The minimum absolute atomic E-state index is 0.0382. The molecule has 4 heteroatoms. The van der Waals surface area contributed by atoms with Gasteiger partial charge in [-0.3, -0.25) is 4.79 Å². The molecule has 0 bridgehead atoms. The number of amides is 1. The van der Waals surface area contributed by atoms with Gasteiger partial charge >= 0.3 is 0 Å². The molecule has 0 heterocycles. The molecule has 0 atom stereocenters. The number of carbonyl (C=O) groups is 1. The first-order valence-electron chi connectivity index (χ1n) is 6.84. The predicted octanol–water partition coefficient (Wildman–Crippen LogP) is 4.22. The summed E-state index contributed by atoms with van der Waals surface area (Å²) in [5, 5.41) is 0.702. The summed E-state index contributed by atoms with van der Waals surface area (Å²) in [6.07, 6.45) is 3.88. The highest BCUT2D eigenvalue weighted by Crippen LogP contribution is 2.23. The maximum atomic E-state index is 12.1. The van der Waals surface area contributed by atoms with Crippen molar-refractivity contribution in [2.75, 3.05) is 21.2 Å². The van der Waals surface area contributed by atoms with E-state index in [0.717, 1.165) is 16.9 Å². The van der Waals surface area contributed by atoms with E-state index in [-0.39, 0.29) is 5.91 Å². The van der Waals surface area contributed by atoms with E-state index in [1.807, 2.05) is 42.5 Å². The highest BCUT2D eigenvalue weighted by atomic mass is 35.5. The van der Waals surface area contributed by atoms with Crippen molar-refractivity contribution in [3.05, 3.63) is 64.2 Å². The Hall–Kier alpha value is -2.26. The second-order valence-electron chi connectivity index (χ2n) is 5.04. The van der Waals surface area contributed by atoms with Crippen molar-refractivity contribution in [3.8, 4) is 5.75 Å². The van der Waals surface area contributed by atoms with E-state index in [0.29, 0.717) is 10.6 Å². The summed E-state index contributed by atoms with van der Waals surface area (Å²) in [6, 6.07) is 12.9. The fraction of sp³-hybridized carbons (Fsp3) is 0.167. The summed E-state index contributed by atoms with van der Waals surface area (Å²) < 4.78 is 5.35. The first-order valence-corrected chi connectivity index (χ1v) is 7.22. The SMILES string of the molecule is COc1ccc(C(=O)N(C)C)cc1/C=C/c1ccc(Cl)cc1. The van der Waals surface area contributed by atoms with E-state index in [1.54, 1.807) is 38.2 Å². The summed E-state index contributed by atoms with van der Waals surface area (Å²) in [6.45, 7) is 0. The van der Waals surface area contributed by atoms with Gasteiger partial charge in [0.25, 0.3) is 5.91 Å². The number of hydrogen-bond donors (Lipinski definition) is 0. The molecule has 0 aromatic heterocycles. The van der Waals surface area contributed by atoms with Crippen LogP contribution >= 0.6 is 11.6 Å². The van der Waals surface area contributed by atoms with E-state index in [4.69, 9.17) is 16.3 Å². The molecule has 2 aromatic rings. The minimum Gasteiger partial charge on any atom is -0.496 e. The van der Waals surface area contributed by atoms with Crippen molar-refractivity contribution in [2.45, 2.75) is 0 Å². The lowest BCUT2D eigenvalue weighted by molar-refractivity contribution is 0.0827. The molecule has 0 N–H and O–H groups in total. The lowest BCUT2D eigenvalue weighted by atomic mass is 10.1. The Morgan fingerprint density at radius 3 is 2.36 bits per heavy atom. The van der Waals surface area contributed by atoms with Crippen LogP contribution in [0.15, 0.2) is 42.5 Å². The number of methoxy groups -OCH3 is 1. The number of halogens is 1. The maximum Gasteiger partial charge on any atom is 0.253 e. The third-order valence-corrected chi connectivity index (χ3v) is 3.46. The van der Waals surface area contributed by atoms with Gasteiger partial charge in [0.05, 0.1) is 7.11 Å². The zero-order chi connectivity index (χ0) is 16.1. The topological polar surface area (TPSA) is 29.5 Å². The number of hydrogen-bond acceptors (Lipinski definition) is 2. The van der Waals surface area contributed by atoms with Gasteiger partial charge in [-0.05, 0) is 35.9 Å².